The van der Waals surface area contributed by atoms with Crippen LogP contribution in [0.4, 0.5) is 4.39 Å². The Morgan fingerprint density at radius 3 is 2.50 bits per heavy atom. The molecule has 3 rings (SSSR count). The number of hydrogen-bond acceptors (Lipinski definition) is 3. The van der Waals surface area contributed by atoms with Gasteiger partial charge < -0.3 is 15.2 Å². The predicted octanol–water partition coefficient (Wildman–Crippen LogP) is 3.77. The van der Waals surface area contributed by atoms with Crippen molar-refractivity contribution < 1.29 is 14.2 Å². The summed E-state index contributed by atoms with van der Waals surface area (Å²) in [5.74, 6) is 0.489. The molecule has 0 saturated heterocycles. The average molecular weight is 325 g/mol. The standard InChI is InChI=1S/C20H20FNO2/c1-24-20-9-7-15(17-4-2-3-5-18(17)20)12-22-11-14-6-8-19(21)16(10-14)13-23/h2-10,22-23H,11-13H2,1H3. The molecule has 124 valence electrons. The Balaban J connectivity index is 1.75. The van der Waals surface area contributed by atoms with Crippen molar-refractivity contribution in [2.75, 3.05) is 7.11 Å². The van der Waals surface area contributed by atoms with Crippen molar-refractivity contribution in [1.29, 1.82) is 0 Å². The summed E-state index contributed by atoms with van der Waals surface area (Å²) in [6, 6.07) is 17.0. The SMILES string of the molecule is COc1ccc(CNCc2ccc(F)c(CO)c2)c2ccccc12. The molecule has 0 fully saturated rings. The number of benzene rings is 3. The summed E-state index contributed by atoms with van der Waals surface area (Å²) in [5.41, 5.74) is 2.44. The van der Waals surface area contributed by atoms with Gasteiger partial charge in [-0.05, 0) is 34.7 Å². The molecule has 0 aromatic heterocycles. The molecule has 0 saturated carbocycles. The van der Waals surface area contributed by atoms with Crippen LogP contribution in [0.2, 0.25) is 0 Å². The molecular formula is C20H20FNO2. The lowest BCUT2D eigenvalue weighted by Gasteiger charge is -2.12. The van der Waals surface area contributed by atoms with E-state index in [4.69, 9.17) is 9.84 Å². The minimum Gasteiger partial charge on any atom is -0.496 e. The Kier molecular flexibility index (Phi) is 5.08. The zero-order valence-corrected chi connectivity index (χ0v) is 13.6. The molecule has 4 heteroatoms. The molecule has 3 aromatic carbocycles. The molecule has 0 aliphatic rings. The molecule has 0 unspecified atom stereocenters. The zero-order chi connectivity index (χ0) is 16.9. The monoisotopic (exact) mass is 325 g/mol. The van der Waals surface area contributed by atoms with E-state index in [0.29, 0.717) is 18.7 Å². The van der Waals surface area contributed by atoms with Gasteiger partial charge in [0.05, 0.1) is 13.7 Å². The number of aliphatic hydroxyl groups excluding tert-OH is 1. The third-order valence-corrected chi connectivity index (χ3v) is 4.12. The molecule has 3 nitrogen and oxygen atoms in total. The van der Waals surface area contributed by atoms with Crippen LogP contribution in [0.5, 0.6) is 5.75 Å². The highest BCUT2D eigenvalue weighted by atomic mass is 19.1. The van der Waals surface area contributed by atoms with E-state index < -0.39 is 0 Å². The van der Waals surface area contributed by atoms with Crippen molar-refractivity contribution in [3.8, 4) is 5.75 Å². The fraction of sp³-hybridized carbons (Fsp3) is 0.200. The van der Waals surface area contributed by atoms with Crippen LogP contribution in [-0.2, 0) is 19.7 Å². The summed E-state index contributed by atoms with van der Waals surface area (Å²) in [6.07, 6.45) is 0. The Hall–Kier alpha value is -2.43. The van der Waals surface area contributed by atoms with Crippen molar-refractivity contribution in [1.82, 2.24) is 5.32 Å². The summed E-state index contributed by atoms with van der Waals surface area (Å²) in [7, 11) is 1.67. The van der Waals surface area contributed by atoms with E-state index in [1.807, 2.05) is 24.3 Å². The smallest absolute Gasteiger partial charge is 0.128 e. The number of rotatable bonds is 6. The first kappa shape index (κ1) is 16.4. The van der Waals surface area contributed by atoms with Gasteiger partial charge in [-0.15, -0.1) is 0 Å². The van der Waals surface area contributed by atoms with Gasteiger partial charge in [0, 0.05) is 24.0 Å². The largest absolute Gasteiger partial charge is 0.496 e. The fourth-order valence-electron chi connectivity index (χ4n) is 2.87. The number of ether oxygens (including phenoxy) is 1. The molecule has 0 radical (unpaired) electrons. The number of hydrogen-bond donors (Lipinski definition) is 2. The lowest BCUT2D eigenvalue weighted by molar-refractivity contribution is 0.275. The first-order valence-corrected chi connectivity index (χ1v) is 7.86. The summed E-state index contributed by atoms with van der Waals surface area (Å²) in [6.45, 7) is 1.01. The van der Waals surface area contributed by atoms with E-state index >= 15 is 0 Å². The van der Waals surface area contributed by atoms with Gasteiger partial charge in [0.25, 0.3) is 0 Å². The summed E-state index contributed by atoms with van der Waals surface area (Å²) < 4.78 is 18.8. The van der Waals surface area contributed by atoms with Gasteiger partial charge in [0.1, 0.15) is 11.6 Å². The van der Waals surface area contributed by atoms with Crippen molar-refractivity contribution in [2.24, 2.45) is 0 Å². The van der Waals surface area contributed by atoms with Gasteiger partial charge in [-0.3, -0.25) is 0 Å². The Bertz CT molecular complexity index is 848. The van der Waals surface area contributed by atoms with E-state index in [1.54, 1.807) is 19.2 Å². The molecule has 0 aliphatic carbocycles. The predicted molar refractivity (Wildman–Crippen MR) is 93.4 cm³/mol. The van der Waals surface area contributed by atoms with Gasteiger partial charge in [-0.1, -0.05) is 36.4 Å². The number of methoxy groups -OCH3 is 1. The Labute approximate surface area is 140 Å². The van der Waals surface area contributed by atoms with Gasteiger partial charge in [-0.25, -0.2) is 4.39 Å². The van der Waals surface area contributed by atoms with Crippen LogP contribution in [0, 0.1) is 5.82 Å². The van der Waals surface area contributed by atoms with Gasteiger partial charge in [0.15, 0.2) is 0 Å². The minimum atomic E-state index is -0.373. The summed E-state index contributed by atoms with van der Waals surface area (Å²) in [4.78, 5) is 0. The van der Waals surface area contributed by atoms with Crippen molar-refractivity contribution in [2.45, 2.75) is 19.7 Å². The molecule has 0 spiro atoms. The van der Waals surface area contributed by atoms with Gasteiger partial charge >= 0.3 is 0 Å². The highest BCUT2D eigenvalue weighted by Crippen LogP contribution is 2.28. The fourth-order valence-corrected chi connectivity index (χ4v) is 2.87. The molecule has 3 aromatic rings. The normalized spacial score (nSPS) is 11.0. The van der Waals surface area contributed by atoms with Crippen LogP contribution < -0.4 is 10.1 Å². The molecule has 0 bridgehead atoms. The van der Waals surface area contributed by atoms with Crippen LogP contribution in [0.3, 0.4) is 0 Å². The van der Waals surface area contributed by atoms with Gasteiger partial charge in [0.2, 0.25) is 0 Å². The number of halogens is 1. The van der Waals surface area contributed by atoms with Crippen LogP contribution in [0.1, 0.15) is 16.7 Å². The molecule has 0 amide bonds. The summed E-state index contributed by atoms with van der Waals surface area (Å²) in [5, 5.41) is 14.8. The Morgan fingerprint density at radius 2 is 1.75 bits per heavy atom. The topological polar surface area (TPSA) is 41.5 Å². The van der Waals surface area contributed by atoms with Crippen LogP contribution in [0.15, 0.2) is 54.6 Å². The zero-order valence-electron chi connectivity index (χ0n) is 13.6. The molecule has 0 aliphatic heterocycles. The number of aliphatic hydroxyl groups is 1. The molecular weight excluding hydrogens is 305 g/mol. The third kappa shape index (κ3) is 3.40. The first-order valence-electron chi connectivity index (χ1n) is 7.86. The lowest BCUT2D eigenvalue weighted by atomic mass is 10.0. The van der Waals surface area contributed by atoms with E-state index in [1.165, 1.54) is 11.6 Å². The summed E-state index contributed by atoms with van der Waals surface area (Å²) >= 11 is 0. The van der Waals surface area contributed by atoms with Crippen LogP contribution in [0.25, 0.3) is 10.8 Å². The first-order chi connectivity index (χ1) is 11.7. The highest BCUT2D eigenvalue weighted by Gasteiger charge is 2.06. The third-order valence-electron chi connectivity index (χ3n) is 4.12. The number of nitrogens with one attached hydrogen (secondary N) is 1. The van der Waals surface area contributed by atoms with Crippen molar-refractivity contribution in [3.63, 3.8) is 0 Å². The maximum Gasteiger partial charge on any atom is 0.128 e. The van der Waals surface area contributed by atoms with E-state index in [-0.39, 0.29) is 12.4 Å². The van der Waals surface area contributed by atoms with Crippen LogP contribution in [-0.4, -0.2) is 12.2 Å². The van der Waals surface area contributed by atoms with E-state index in [2.05, 4.69) is 17.4 Å². The maximum atomic E-state index is 13.4. The van der Waals surface area contributed by atoms with E-state index in [0.717, 1.165) is 22.1 Å². The molecule has 2 N–H and O–H groups in total. The maximum absolute atomic E-state index is 13.4. The van der Waals surface area contributed by atoms with Gasteiger partial charge in [-0.2, -0.15) is 0 Å². The highest BCUT2D eigenvalue weighted by molar-refractivity contribution is 5.91. The molecule has 0 atom stereocenters. The van der Waals surface area contributed by atoms with Crippen LogP contribution >= 0.6 is 0 Å². The second-order valence-electron chi connectivity index (χ2n) is 5.66. The quantitative estimate of drug-likeness (QED) is 0.725. The van der Waals surface area contributed by atoms with Crippen molar-refractivity contribution in [3.05, 3.63) is 77.1 Å². The minimum absolute atomic E-state index is 0.289. The Morgan fingerprint density at radius 1 is 0.958 bits per heavy atom. The van der Waals surface area contributed by atoms with E-state index in [9.17, 15) is 4.39 Å². The second kappa shape index (κ2) is 7.43. The molecule has 24 heavy (non-hydrogen) atoms. The molecule has 0 heterocycles. The van der Waals surface area contributed by atoms with Crippen molar-refractivity contribution >= 4 is 10.8 Å². The average Bonchev–Trinajstić information content (AvgIpc) is 2.63. The second-order valence-corrected chi connectivity index (χ2v) is 5.66. The number of fused-ring (bicyclic) bond motifs is 1. The lowest BCUT2D eigenvalue weighted by Crippen LogP contribution is -2.13.